The van der Waals surface area contributed by atoms with E-state index in [0.717, 1.165) is 11.4 Å². The van der Waals surface area contributed by atoms with E-state index in [2.05, 4.69) is 20.3 Å². The van der Waals surface area contributed by atoms with Gasteiger partial charge in [0.25, 0.3) is 5.91 Å². The average molecular weight is 499 g/mol. The van der Waals surface area contributed by atoms with Crippen molar-refractivity contribution in [1.82, 2.24) is 19.5 Å². The number of nitrogens with one attached hydrogen (secondary N) is 1. The number of carbonyl (C=O) groups is 1. The van der Waals surface area contributed by atoms with E-state index in [1.165, 1.54) is 10.5 Å². The monoisotopic (exact) mass is 498 g/mol. The SMILES string of the molecule is O=C(NC1=Nc2cc(OCCCS(=O)(=O)N3CCOCC3)ccc2C2=NCCN12)c1cccnc1. The molecule has 4 heterocycles. The van der Waals surface area contributed by atoms with Crippen LogP contribution in [-0.4, -0.2) is 92.1 Å². The first-order chi connectivity index (χ1) is 17.0. The number of hydrogen-bond acceptors (Lipinski definition) is 9. The summed E-state index contributed by atoms with van der Waals surface area (Å²) >= 11 is 0. The van der Waals surface area contributed by atoms with Crippen molar-refractivity contribution in [1.29, 1.82) is 0 Å². The van der Waals surface area contributed by atoms with Gasteiger partial charge in [-0.1, -0.05) is 0 Å². The molecule has 2 aromatic rings. The largest absolute Gasteiger partial charge is 0.493 e. The summed E-state index contributed by atoms with van der Waals surface area (Å²) in [6.45, 7) is 3.13. The minimum Gasteiger partial charge on any atom is -0.493 e. The van der Waals surface area contributed by atoms with Crippen LogP contribution in [0.3, 0.4) is 0 Å². The van der Waals surface area contributed by atoms with Gasteiger partial charge in [0.1, 0.15) is 11.6 Å². The van der Waals surface area contributed by atoms with Gasteiger partial charge in [-0.2, -0.15) is 4.31 Å². The molecule has 0 aliphatic carbocycles. The van der Waals surface area contributed by atoms with Crippen molar-refractivity contribution >= 4 is 33.4 Å². The average Bonchev–Trinajstić information content (AvgIpc) is 3.38. The zero-order valence-corrected chi connectivity index (χ0v) is 19.9. The van der Waals surface area contributed by atoms with Crippen LogP contribution in [0.5, 0.6) is 5.75 Å². The molecule has 0 saturated carbocycles. The predicted molar refractivity (Wildman–Crippen MR) is 130 cm³/mol. The summed E-state index contributed by atoms with van der Waals surface area (Å²) in [6, 6.07) is 8.87. The van der Waals surface area contributed by atoms with Crippen molar-refractivity contribution in [3.05, 3.63) is 53.9 Å². The number of rotatable bonds is 7. The number of aromatic nitrogens is 1. The Bertz CT molecular complexity index is 1260. The van der Waals surface area contributed by atoms with Crippen LogP contribution in [0, 0.1) is 0 Å². The number of pyridine rings is 1. The first-order valence-electron chi connectivity index (χ1n) is 11.5. The van der Waals surface area contributed by atoms with Gasteiger partial charge >= 0.3 is 0 Å². The molecule has 1 amide bonds. The molecule has 1 fully saturated rings. The maximum Gasteiger partial charge on any atom is 0.259 e. The lowest BCUT2D eigenvalue weighted by Gasteiger charge is -2.27. The zero-order valence-electron chi connectivity index (χ0n) is 19.1. The molecule has 0 spiro atoms. The Morgan fingerprint density at radius 2 is 2.03 bits per heavy atom. The molecule has 0 bridgehead atoms. The molecule has 0 atom stereocenters. The number of benzene rings is 1. The molecule has 1 N–H and O–H groups in total. The molecule has 12 heteroatoms. The van der Waals surface area contributed by atoms with Crippen LogP contribution in [0.25, 0.3) is 0 Å². The van der Waals surface area contributed by atoms with E-state index >= 15 is 0 Å². The third-order valence-corrected chi connectivity index (χ3v) is 7.82. The highest BCUT2D eigenvalue weighted by molar-refractivity contribution is 7.89. The molecule has 3 aliphatic heterocycles. The fraction of sp³-hybridized carbons (Fsp3) is 0.391. The van der Waals surface area contributed by atoms with Gasteiger partial charge in [0.05, 0.1) is 43.4 Å². The van der Waals surface area contributed by atoms with Crippen molar-refractivity contribution in [2.45, 2.75) is 6.42 Å². The van der Waals surface area contributed by atoms with Gasteiger partial charge < -0.3 is 9.47 Å². The number of carbonyl (C=O) groups excluding carboxylic acids is 1. The quantitative estimate of drug-likeness (QED) is 0.565. The molecule has 0 unspecified atom stereocenters. The summed E-state index contributed by atoms with van der Waals surface area (Å²) in [5.74, 6) is 1.43. The van der Waals surface area contributed by atoms with Gasteiger partial charge in [-0.15, -0.1) is 0 Å². The smallest absolute Gasteiger partial charge is 0.259 e. The lowest BCUT2D eigenvalue weighted by Crippen LogP contribution is -2.47. The van der Waals surface area contributed by atoms with E-state index in [9.17, 15) is 13.2 Å². The third-order valence-electron chi connectivity index (χ3n) is 5.86. The lowest BCUT2D eigenvalue weighted by molar-refractivity contribution is 0.0730. The highest BCUT2D eigenvalue weighted by Crippen LogP contribution is 2.32. The highest BCUT2D eigenvalue weighted by Gasteiger charge is 2.31. The summed E-state index contributed by atoms with van der Waals surface area (Å²) in [5.41, 5.74) is 1.91. The number of amides is 1. The Morgan fingerprint density at radius 1 is 1.17 bits per heavy atom. The van der Waals surface area contributed by atoms with E-state index in [0.29, 0.717) is 68.8 Å². The van der Waals surface area contributed by atoms with Gasteiger partial charge in [0.15, 0.2) is 0 Å². The minimum atomic E-state index is -3.32. The Balaban J connectivity index is 1.25. The number of nitrogens with zero attached hydrogens (tertiary/aromatic N) is 5. The molecule has 5 rings (SSSR count). The van der Waals surface area contributed by atoms with Crippen LogP contribution in [0.2, 0.25) is 0 Å². The van der Waals surface area contributed by atoms with Crippen LogP contribution in [0.15, 0.2) is 52.7 Å². The van der Waals surface area contributed by atoms with Crippen molar-refractivity contribution < 1.29 is 22.7 Å². The van der Waals surface area contributed by atoms with Gasteiger partial charge in [-0.3, -0.25) is 25.0 Å². The van der Waals surface area contributed by atoms with Crippen LogP contribution >= 0.6 is 0 Å². The van der Waals surface area contributed by atoms with Gasteiger partial charge in [0, 0.05) is 43.7 Å². The van der Waals surface area contributed by atoms with Crippen molar-refractivity contribution in [3.8, 4) is 5.75 Å². The fourth-order valence-electron chi connectivity index (χ4n) is 4.09. The van der Waals surface area contributed by atoms with Crippen molar-refractivity contribution in [3.63, 3.8) is 0 Å². The number of sulfonamides is 1. The van der Waals surface area contributed by atoms with E-state index in [-0.39, 0.29) is 18.3 Å². The standard InChI is InChI=1S/C23H26N6O5S/c30-22(17-3-1-6-24-16-17)27-23-26-20-15-18(4-5-19(20)21-25-7-8-29(21)23)34-11-2-14-35(31,32)28-9-12-33-13-10-28/h1,3-6,15-16H,2,7-14H2,(H,26,27,30). The minimum absolute atomic E-state index is 0.0202. The number of amidine groups is 1. The third kappa shape index (κ3) is 5.19. The Morgan fingerprint density at radius 3 is 2.83 bits per heavy atom. The lowest BCUT2D eigenvalue weighted by atomic mass is 10.1. The fourth-order valence-corrected chi connectivity index (χ4v) is 5.54. The van der Waals surface area contributed by atoms with E-state index < -0.39 is 10.0 Å². The second-order valence-corrected chi connectivity index (χ2v) is 10.3. The summed E-state index contributed by atoms with van der Waals surface area (Å²) in [6.07, 6.45) is 3.47. The summed E-state index contributed by atoms with van der Waals surface area (Å²) in [4.78, 5) is 27.8. The molecule has 35 heavy (non-hydrogen) atoms. The number of fused-ring (bicyclic) bond motifs is 3. The van der Waals surface area contributed by atoms with Gasteiger partial charge in [-0.25, -0.2) is 13.4 Å². The first-order valence-corrected chi connectivity index (χ1v) is 13.1. The molecule has 184 valence electrons. The molecule has 3 aliphatic rings. The number of morpholine rings is 1. The van der Waals surface area contributed by atoms with Crippen molar-refractivity contribution in [2.75, 3.05) is 51.8 Å². The maximum atomic E-state index is 12.7. The zero-order chi connectivity index (χ0) is 24.3. The molecular formula is C23H26N6O5S. The van der Waals surface area contributed by atoms with E-state index in [1.54, 1.807) is 24.4 Å². The van der Waals surface area contributed by atoms with E-state index in [1.807, 2.05) is 17.0 Å². The van der Waals surface area contributed by atoms with Crippen LogP contribution in [0.4, 0.5) is 5.69 Å². The van der Waals surface area contributed by atoms with Crippen LogP contribution < -0.4 is 10.1 Å². The first kappa shape index (κ1) is 23.4. The van der Waals surface area contributed by atoms with Gasteiger partial charge in [-0.05, 0) is 30.7 Å². The number of aliphatic imine (C=N–C) groups is 2. The normalized spacial score (nSPS) is 17.8. The van der Waals surface area contributed by atoms with Crippen molar-refractivity contribution in [2.24, 2.45) is 9.98 Å². The molecular weight excluding hydrogens is 472 g/mol. The summed E-state index contributed by atoms with van der Waals surface area (Å²) in [5, 5.41) is 2.86. The predicted octanol–water partition coefficient (Wildman–Crippen LogP) is 1.01. The maximum absolute atomic E-state index is 12.7. The molecule has 11 nitrogen and oxygen atoms in total. The Hall–Kier alpha value is -3.35. The number of ether oxygens (including phenoxy) is 2. The second-order valence-electron chi connectivity index (χ2n) is 8.20. The topological polar surface area (TPSA) is 126 Å². The van der Waals surface area contributed by atoms with Crippen LogP contribution in [-0.2, 0) is 14.8 Å². The van der Waals surface area contributed by atoms with Gasteiger partial charge in [0.2, 0.25) is 16.0 Å². The molecule has 1 saturated heterocycles. The Kier molecular flexibility index (Phi) is 6.75. The van der Waals surface area contributed by atoms with E-state index in [4.69, 9.17) is 9.47 Å². The summed E-state index contributed by atoms with van der Waals surface area (Å²) in [7, 11) is -3.32. The molecule has 1 aromatic carbocycles. The number of hydrogen-bond donors (Lipinski definition) is 1. The molecule has 0 radical (unpaired) electrons. The molecule has 1 aromatic heterocycles. The van der Waals surface area contributed by atoms with Crippen LogP contribution in [0.1, 0.15) is 22.3 Å². The number of guanidine groups is 1. The summed E-state index contributed by atoms with van der Waals surface area (Å²) < 4.78 is 37.4. The Labute approximate surface area is 203 Å². The highest BCUT2D eigenvalue weighted by atomic mass is 32.2. The second kappa shape index (κ2) is 10.1.